The summed E-state index contributed by atoms with van der Waals surface area (Å²) in [5.41, 5.74) is 0.458. The lowest BCUT2D eigenvalue weighted by molar-refractivity contribution is -0.151. The molecule has 0 aromatic heterocycles. The summed E-state index contributed by atoms with van der Waals surface area (Å²) in [6.07, 6.45) is 0.442. The molecule has 1 aliphatic rings. The summed E-state index contributed by atoms with van der Waals surface area (Å²) < 4.78 is 71.0. The van der Waals surface area contributed by atoms with Crippen LogP contribution in [0.1, 0.15) is 18.4 Å². The van der Waals surface area contributed by atoms with Crippen molar-refractivity contribution in [3.8, 4) is 0 Å². The fraction of sp³-hybridized carbons (Fsp3) is 0.316. The molecule has 3 rings (SSSR count). The predicted molar refractivity (Wildman–Crippen MR) is 99.0 cm³/mol. The average molecular weight is 448 g/mol. The largest absolute Gasteiger partial charge is 0.461 e. The molecule has 0 bridgehead atoms. The highest BCUT2D eigenvalue weighted by Gasteiger charge is 2.33. The first kappa shape index (κ1) is 21.6. The van der Waals surface area contributed by atoms with Gasteiger partial charge in [0.25, 0.3) is 0 Å². The topological polar surface area (TPSA) is 63.7 Å². The normalized spacial score (nSPS) is 16.0. The van der Waals surface area contributed by atoms with E-state index in [9.17, 15) is 26.4 Å². The van der Waals surface area contributed by atoms with Crippen LogP contribution in [0.4, 0.5) is 13.2 Å². The van der Waals surface area contributed by atoms with Crippen molar-refractivity contribution in [2.75, 3.05) is 13.1 Å². The van der Waals surface area contributed by atoms with Gasteiger partial charge in [-0.1, -0.05) is 17.7 Å². The zero-order valence-corrected chi connectivity index (χ0v) is 16.6. The van der Waals surface area contributed by atoms with Crippen LogP contribution in [0.3, 0.4) is 0 Å². The smallest absolute Gasteiger partial charge is 0.309 e. The van der Waals surface area contributed by atoms with Crippen LogP contribution in [0, 0.1) is 23.4 Å². The number of piperidine rings is 1. The number of sulfonamides is 1. The SMILES string of the molecule is O=C(OCc1ccc(F)cc1Cl)C1CCN(S(=O)(=O)c2ccc(F)c(F)c2)CC1. The van der Waals surface area contributed by atoms with Crippen LogP contribution in [-0.2, 0) is 26.2 Å². The summed E-state index contributed by atoms with van der Waals surface area (Å²) in [7, 11) is -3.99. The van der Waals surface area contributed by atoms with Gasteiger partial charge in [0.05, 0.1) is 15.8 Å². The summed E-state index contributed by atoms with van der Waals surface area (Å²) in [6, 6.07) is 6.13. The van der Waals surface area contributed by atoms with Crippen LogP contribution in [0.15, 0.2) is 41.3 Å². The van der Waals surface area contributed by atoms with E-state index in [2.05, 4.69) is 0 Å². The third kappa shape index (κ3) is 4.91. The van der Waals surface area contributed by atoms with Gasteiger partial charge in [-0.2, -0.15) is 4.31 Å². The molecule has 0 unspecified atom stereocenters. The third-order valence-electron chi connectivity index (χ3n) is 4.70. The average Bonchev–Trinajstić information content (AvgIpc) is 2.69. The number of halogens is 4. The first-order chi connectivity index (χ1) is 13.7. The number of carbonyl (C=O) groups is 1. The highest BCUT2D eigenvalue weighted by atomic mass is 35.5. The summed E-state index contributed by atoms with van der Waals surface area (Å²) in [4.78, 5) is 11.9. The first-order valence-electron chi connectivity index (χ1n) is 8.74. The van der Waals surface area contributed by atoms with Gasteiger partial charge in [-0.15, -0.1) is 0 Å². The molecule has 2 aromatic carbocycles. The van der Waals surface area contributed by atoms with Gasteiger partial charge < -0.3 is 4.74 Å². The Bertz CT molecular complexity index is 1020. The number of esters is 1. The molecule has 1 fully saturated rings. The fourth-order valence-electron chi connectivity index (χ4n) is 3.02. The zero-order chi connectivity index (χ0) is 21.2. The summed E-state index contributed by atoms with van der Waals surface area (Å²) in [5.74, 6) is -3.89. The van der Waals surface area contributed by atoms with E-state index in [1.54, 1.807) is 0 Å². The molecular formula is C19H17ClF3NO4S. The summed E-state index contributed by atoms with van der Waals surface area (Å²) in [6.45, 7) is -0.0396. The van der Waals surface area contributed by atoms with E-state index in [0.29, 0.717) is 11.6 Å². The van der Waals surface area contributed by atoms with E-state index in [4.69, 9.17) is 16.3 Å². The molecule has 0 saturated carbocycles. The molecule has 1 aliphatic heterocycles. The number of carbonyl (C=O) groups excluding carboxylic acids is 1. The number of benzene rings is 2. The molecule has 5 nitrogen and oxygen atoms in total. The molecule has 0 radical (unpaired) electrons. The van der Waals surface area contributed by atoms with Gasteiger partial charge in [0.15, 0.2) is 11.6 Å². The third-order valence-corrected chi connectivity index (χ3v) is 6.95. The Morgan fingerprint density at radius 1 is 1.07 bits per heavy atom. The van der Waals surface area contributed by atoms with Crippen LogP contribution in [0.2, 0.25) is 5.02 Å². The van der Waals surface area contributed by atoms with E-state index < -0.39 is 39.4 Å². The number of ether oxygens (including phenoxy) is 1. The summed E-state index contributed by atoms with van der Waals surface area (Å²) >= 11 is 5.89. The fourth-order valence-corrected chi connectivity index (χ4v) is 4.73. The van der Waals surface area contributed by atoms with Gasteiger partial charge in [-0.25, -0.2) is 21.6 Å². The second-order valence-electron chi connectivity index (χ2n) is 6.60. The van der Waals surface area contributed by atoms with Crippen molar-refractivity contribution in [3.05, 3.63) is 64.4 Å². The van der Waals surface area contributed by atoms with Crippen LogP contribution in [0.25, 0.3) is 0 Å². The maximum Gasteiger partial charge on any atom is 0.309 e. The number of hydrogen-bond donors (Lipinski definition) is 0. The van der Waals surface area contributed by atoms with Crippen LogP contribution >= 0.6 is 11.6 Å². The Hall–Kier alpha value is -2.10. The quantitative estimate of drug-likeness (QED) is 0.652. The van der Waals surface area contributed by atoms with E-state index >= 15 is 0 Å². The predicted octanol–water partition coefficient (Wildman–Crippen LogP) is 3.90. The van der Waals surface area contributed by atoms with Crippen LogP contribution in [0.5, 0.6) is 0 Å². The second-order valence-corrected chi connectivity index (χ2v) is 8.94. The van der Waals surface area contributed by atoms with Gasteiger partial charge >= 0.3 is 5.97 Å². The highest BCUT2D eigenvalue weighted by Crippen LogP contribution is 2.26. The van der Waals surface area contributed by atoms with E-state index in [1.165, 1.54) is 12.1 Å². The minimum Gasteiger partial charge on any atom is -0.461 e. The van der Waals surface area contributed by atoms with Gasteiger partial charge in [0, 0.05) is 18.7 Å². The highest BCUT2D eigenvalue weighted by molar-refractivity contribution is 7.89. The van der Waals surface area contributed by atoms with Crippen molar-refractivity contribution in [2.45, 2.75) is 24.3 Å². The molecule has 29 heavy (non-hydrogen) atoms. The van der Waals surface area contributed by atoms with Crippen molar-refractivity contribution in [1.29, 1.82) is 0 Å². The van der Waals surface area contributed by atoms with Crippen molar-refractivity contribution in [1.82, 2.24) is 4.31 Å². The Balaban J connectivity index is 1.58. The minimum atomic E-state index is -3.99. The standard InChI is InChI=1S/C19H17ClF3NO4S/c20-16-9-14(21)2-1-13(16)11-28-19(25)12-5-7-24(8-6-12)29(26,27)15-3-4-17(22)18(23)10-15/h1-4,9-10,12H,5-8,11H2. The molecule has 1 saturated heterocycles. The molecule has 0 aliphatic carbocycles. The van der Waals surface area contributed by atoms with Crippen molar-refractivity contribution in [3.63, 3.8) is 0 Å². The van der Waals surface area contributed by atoms with E-state index in [0.717, 1.165) is 22.5 Å². The molecule has 2 aromatic rings. The van der Waals surface area contributed by atoms with Gasteiger partial charge in [0.2, 0.25) is 10.0 Å². The number of hydrogen-bond acceptors (Lipinski definition) is 4. The Kier molecular flexibility index (Phi) is 6.50. The molecule has 0 amide bonds. The van der Waals surface area contributed by atoms with E-state index in [1.807, 2.05) is 0 Å². The minimum absolute atomic E-state index is 0.0401. The Morgan fingerprint density at radius 3 is 2.38 bits per heavy atom. The molecule has 0 spiro atoms. The Morgan fingerprint density at radius 2 is 1.76 bits per heavy atom. The molecule has 10 heteroatoms. The van der Waals surface area contributed by atoms with E-state index in [-0.39, 0.29) is 42.5 Å². The molecule has 156 valence electrons. The lowest BCUT2D eigenvalue weighted by atomic mass is 9.98. The first-order valence-corrected chi connectivity index (χ1v) is 10.6. The van der Waals surface area contributed by atoms with Crippen molar-refractivity contribution >= 4 is 27.6 Å². The lowest BCUT2D eigenvalue weighted by Crippen LogP contribution is -2.40. The van der Waals surface area contributed by atoms with Crippen molar-refractivity contribution < 1.29 is 31.1 Å². The lowest BCUT2D eigenvalue weighted by Gasteiger charge is -2.30. The molecule has 0 N–H and O–H groups in total. The molecular weight excluding hydrogens is 431 g/mol. The maximum atomic E-state index is 13.4. The van der Waals surface area contributed by atoms with Gasteiger partial charge in [0.1, 0.15) is 12.4 Å². The summed E-state index contributed by atoms with van der Waals surface area (Å²) in [5, 5.41) is 0.144. The van der Waals surface area contributed by atoms with Crippen LogP contribution in [-0.4, -0.2) is 31.8 Å². The number of rotatable bonds is 5. The number of nitrogens with zero attached hydrogens (tertiary/aromatic N) is 1. The van der Waals surface area contributed by atoms with Gasteiger partial charge in [-0.3, -0.25) is 4.79 Å². The second kappa shape index (κ2) is 8.73. The Labute approximate surface area is 171 Å². The van der Waals surface area contributed by atoms with Crippen molar-refractivity contribution in [2.24, 2.45) is 5.92 Å². The molecule has 0 atom stereocenters. The van der Waals surface area contributed by atoms with Gasteiger partial charge in [-0.05, 0) is 43.2 Å². The maximum absolute atomic E-state index is 13.4. The zero-order valence-electron chi connectivity index (χ0n) is 15.1. The molecule has 1 heterocycles. The van der Waals surface area contributed by atoms with Crippen LogP contribution < -0.4 is 0 Å². The monoisotopic (exact) mass is 447 g/mol.